The third-order valence-corrected chi connectivity index (χ3v) is 7.90. The first-order valence-electron chi connectivity index (χ1n) is 14.6. The summed E-state index contributed by atoms with van der Waals surface area (Å²) in [5.74, 6) is 1.93. The smallest absolute Gasteiger partial charge is 0.184 e. The van der Waals surface area contributed by atoms with Crippen molar-refractivity contribution in [3.8, 4) is 11.5 Å². The van der Waals surface area contributed by atoms with E-state index in [-0.39, 0.29) is 6.61 Å². The first-order chi connectivity index (χ1) is 21.9. The minimum atomic E-state index is -1.03. The third-order valence-electron chi connectivity index (χ3n) is 7.90. The molecule has 3 aromatic carbocycles. The lowest BCUT2D eigenvalue weighted by molar-refractivity contribution is -0.0931. The SMILES string of the molecule is COc1ccc(C(OCC2OC(n3cnc4c(N=CN(C)C)ncnc43)CC2O)(c2ccccc2)c2ccc(OC)cc2)cc1. The Morgan fingerprint density at radius 2 is 1.53 bits per heavy atom. The van der Waals surface area contributed by atoms with Crippen LogP contribution in [0.5, 0.6) is 11.5 Å². The van der Waals surface area contributed by atoms with Crippen molar-refractivity contribution < 1.29 is 24.1 Å². The first kappa shape index (κ1) is 30.2. The molecule has 0 spiro atoms. The van der Waals surface area contributed by atoms with E-state index >= 15 is 0 Å². The van der Waals surface area contributed by atoms with Gasteiger partial charge in [-0.25, -0.2) is 19.9 Å². The van der Waals surface area contributed by atoms with Gasteiger partial charge in [-0.2, -0.15) is 0 Å². The van der Waals surface area contributed by atoms with Gasteiger partial charge in [0.05, 0.1) is 39.6 Å². The van der Waals surface area contributed by atoms with Crippen molar-refractivity contribution in [2.75, 3.05) is 34.9 Å². The maximum atomic E-state index is 11.2. The zero-order valence-electron chi connectivity index (χ0n) is 25.6. The van der Waals surface area contributed by atoms with Gasteiger partial charge in [0.2, 0.25) is 0 Å². The van der Waals surface area contributed by atoms with Gasteiger partial charge in [0.1, 0.15) is 35.8 Å². The van der Waals surface area contributed by atoms with Crippen LogP contribution in [0.3, 0.4) is 0 Å². The summed E-state index contributed by atoms with van der Waals surface area (Å²) >= 11 is 0. The van der Waals surface area contributed by atoms with Gasteiger partial charge in [-0.3, -0.25) is 4.57 Å². The van der Waals surface area contributed by atoms with Crippen molar-refractivity contribution >= 4 is 23.3 Å². The Hall–Kier alpha value is -4.84. The maximum absolute atomic E-state index is 11.2. The quantitative estimate of drug-likeness (QED) is 0.129. The van der Waals surface area contributed by atoms with E-state index < -0.39 is 24.0 Å². The lowest BCUT2D eigenvalue weighted by Crippen LogP contribution is -2.38. The highest BCUT2D eigenvalue weighted by Gasteiger charge is 2.42. The zero-order valence-corrected chi connectivity index (χ0v) is 25.6. The summed E-state index contributed by atoms with van der Waals surface area (Å²) < 4.78 is 26.1. The van der Waals surface area contributed by atoms with E-state index in [1.165, 1.54) is 6.33 Å². The van der Waals surface area contributed by atoms with E-state index in [0.717, 1.165) is 28.2 Å². The molecule has 11 nitrogen and oxygen atoms in total. The molecule has 3 heterocycles. The maximum Gasteiger partial charge on any atom is 0.184 e. The summed E-state index contributed by atoms with van der Waals surface area (Å²) in [4.78, 5) is 19.5. The predicted octanol–water partition coefficient (Wildman–Crippen LogP) is 4.72. The molecule has 3 unspecified atom stereocenters. The van der Waals surface area contributed by atoms with Crippen LogP contribution in [0.1, 0.15) is 29.3 Å². The first-order valence-corrected chi connectivity index (χ1v) is 14.6. The molecule has 3 atom stereocenters. The van der Waals surface area contributed by atoms with Crippen LogP contribution in [0, 0.1) is 0 Å². The standard InChI is InChI=1S/C34H36N6O5/c1-39(2)21-38-32-31-33(36-20-35-32)40(22-37-31)30-18-28(41)29(45-30)19-44-34(23-8-6-5-7-9-23,24-10-14-26(42-3)15-11-24)25-12-16-27(43-4)17-13-25/h5-17,20-22,28-30,41H,18-19H2,1-4H3. The van der Waals surface area contributed by atoms with Crippen molar-refractivity contribution in [2.45, 2.75) is 30.5 Å². The van der Waals surface area contributed by atoms with Crippen molar-refractivity contribution in [3.63, 3.8) is 0 Å². The van der Waals surface area contributed by atoms with E-state index in [0.29, 0.717) is 23.4 Å². The van der Waals surface area contributed by atoms with Gasteiger partial charge in [-0.1, -0.05) is 54.6 Å². The number of aliphatic hydroxyl groups excluding tert-OH is 1. The lowest BCUT2D eigenvalue weighted by Gasteiger charge is -2.37. The second-order valence-electron chi connectivity index (χ2n) is 11.0. The molecule has 11 heteroatoms. The number of hydrogen-bond donors (Lipinski definition) is 1. The summed E-state index contributed by atoms with van der Waals surface area (Å²) in [5, 5.41) is 11.2. The van der Waals surface area contributed by atoms with Crippen LogP contribution < -0.4 is 9.47 Å². The van der Waals surface area contributed by atoms with Gasteiger partial charge >= 0.3 is 0 Å². The minimum absolute atomic E-state index is 0.102. The Morgan fingerprint density at radius 3 is 2.13 bits per heavy atom. The highest BCUT2D eigenvalue weighted by atomic mass is 16.6. The second kappa shape index (κ2) is 13.0. The van der Waals surface area contributed by atoms with Crippen LogP contribution in [0.15, 0.2) is 96.5 Å². The number of hydrogen-bond acceptors (Lipinski definition) is 9. The number of rotatable bonds is 11. The molecule has 0 amide bonds. The molecule has 45 heavy (non-hydrogen) atoms. The van der Waals surface area contributed by atoms with Gasteiger partial charge in [0, 0.05) is 20.5 Å². The average molecular weight is 609 g/mol. The molecule has 1 aliphatic heterocycles. The molecule has 1 fully saturated rings. The van der Waals surface area contributed by atoms with Crippen LogP contribution in [-0.4, -0.2) is 83.0 Å². The molecule has 1 aliphatic rings. The van der Waals surface area contributed by atoms with Crippen molar-refractivity contribution in [3.05, 3.63) is 108 Å². The molecule has 0 radical (unpaired) electrons. The van der Waals surface area contributed by atoms with Gasteiger partial charge in [0.25, 0.3) is 0 Å². The zero-order chi connectivity index (χ0) is 31.4. The average Bonchev–Trinajstić information content (AvgIpc) is 3.68. The summed E-state index contributed by atoms with van der Waals surface area (Å²) in [6, 6.07) is 25.7. The normalized spacial score (nSPS) is 18.5. The molecular formula is C34H36N6O5. The number of nitrogens with zero attached hydrogens (tertiary/aromatic N) is 6. The fourth-order valence-electron chi connectivity index (χ4n) is 5.63. The fourth-order valence-corrected chi connectivity index (χ4v) is 5.63. The van der Waals surface area contributed by atoms with Crippen LogP contribution in [0.2, 0.25) is 0 Å². The van der Waals surface area contributed by atoms with Crippen molar-refractivity contribution in [2.24, 2.45) is 4.99 Å². The molecule has 6 rings (SSSR count). The summed E-state index contributed by atoms with van der Waals surface area (Å²) in [6.45, 7) is 0.102. The van der Waals surface area contributed by atoms with Gasteiger partial charge in [-0.15, -0.1) is 0 Å². The molecule has 1 saturated heterocycles. The van der Waals surface area contributed by atoms with Crippen LogP contribution in [0.25, 0.3) is 11.2 Å². The number of imidazole rings is 1. The van der Waals surface area contributed by atoms with Gasteiger partial charge < -0.3 is 29.0 Å². The lowest BCUT2D eigenvalue weighted by atomic mass is 9.80. The van der Waals surface area contributed by atoms with Gasteiger partial charge in [0.15, 0.2) is 17.0 Å². The monoisotopic (exact) mass is 608 g/mol. The van der Waals surface area contributed by atoms with Crippen molar-refractivity contribution in [1.29, 1.82) is 0 Å². The molecule has 1 N–H and O–H groups in total. The van der Waals surface area contributed by atoms with E-state index in [1.807, 2.05) is 102 Å². The number of methoxy groups -OCH3 is 2. The molecule has 232 valence electrons. The summed E-state index contributed by atoms with van der Waals surface area (Å²) in [5.41, 5.74) is 2.81. The Balaban J connectivity index is 1.33. The Morgan fingerprint density at radius 1 is 0.911 bits per heavy atom. The molecule has 2 aromatic heterocycles. The highest BCUT2D eigenvalue weighted by Crippen LogP contribution is 2.43. The Labute approximate surface area is 261 Å². The highest BCUT2D eigenvalue weighted by molar-refractivity contribution is 5.82. The van der Waals surface area contributed by atoms with Crippen LogP contribution >= 0.6 is 0 Å². The Bertz CT molecular complexity index is 1690. The fraction of sp³-hybridized carbons (Fsp3) is 0.294. The van der Waals surface area contributed by atoms with E-state index in [4.69, 9.17) is 18.9 Å². The topological polar surface area (TPSA) is 116 Å². The number of fused-ring (bicyclic) bond motifs is 1. The van der Waals surface area contributed by atoms with Crippen LogP contribution in [0.4, 0.5) is 5.82 Å². The number of ether oxygens (including phenoxy) is 4. The molecular weight excluding hydrogens is 572 g/mol. The minimum Gasteiger partial charge on any atom is -0.497 e. The molecule has 0 aliphatic carbocycles. The van der Waals surface area contributed by atoms with Gasteiger partial charge in [-0.05, 0) is 41.0 Å². The van der Waals surface area contributed by atoms with Crippen LogP contribution in [-0.2, 0) is 15.1 Å². The largest absolute Gasteiger partial charge is 0.497 e. The van der Waals surface area contributed by atoms with E-state index in [2.05, 4.69) is 19.9 Å². The summed E-state index contributed by atoms with van der Waals surface area (Å²) in [6.07, 6.45) is 3.18. The van der Waals surface area contributed by atoms with E-state index in [1.54, 1.807) is 26.9 Å². The molecule has 0 saturated carbocycles. The van der Waals surface area contributed by atoms with E-state index in [9.17, 15) is 5.11 Å². The second-order valence-corrected chi connectivity index (χ2v) is 11.0. The number of aliphatic imine (C=N–C) groups is 1. The predicted molar refractivity (Wildman–Crippen MR) is 170 cm³/mol. The Kier molecular flexibility index (Phi) is 8.74. The third kappa shape index (κ3) is 5.97. The number of benzene rings is 3. The number of aromatic nitrogens is 4. The molecule has 5 aromatic rings. The van der Waals surface area contributed by atoms with Crippen molar-refractivity contribution in [1.82, 2.24) is 24.4 Å². The number of aliphatic hydroxyl groups is 1. The summed E-state index contributed by atoms with van der Waals surface area (Å²) in [7, 11) is 7.04. The molecule has 0 bridgehead atoms.